The number of aromatic nitrogens is 2. The van der Waals surface area contributed by atoms with Crippen LogP contribution in [0.1, 0.15) is 30.5 Å². The highest BCUT2D eigenvalue weighted by Crippen LogP contribution is 2.30. The molecule has 0 radical (unpaired) electrons. The summed E-state index contributed by atoms with van der Waals surface area (Å²) in [6.45, 7) is 3.85. The fraction of sp³-hybridized carbons (Fsp3) is 0.250. The van der Waals surface area contributed by atoms with Gasteiger partial charge in [-0.15, -0.1) is 0 Å². The molecular formula is C20H18ClN3O. The predicted octanol–water partition coefficient (Wildman–Crippen LogP) is 4.16. The number of nitriles is 1. The fourth-order valence-electron chi connectivity index (χ4n) is 3.02. The van der Waals surface area contributed by atoms with Crippen LogP contribution < -0.4 is 5.56 Å². The van der Waals surface area contributed by atoms with Crippen molar-refractivity contribution in [2.24, 2.45) is 0 Å². The van der Waals surface area contributed by atoms with Gasteiger partial charge in [0.1, 0.15) is 5.15 Å². The highest BCUT2D eigenvalue weighted by Gasteiger charge is 2.27. The number of aryl methyl sites for hydroxylation is 1. The van der Waals surface area contributed by atoms with Gasteiger partial charge in [0, 0.05) is 17.3 Å². The predicted molar refractivity (Wildman–Crippen MR) is 99.9 cm³/mol. The third-order valence-corrected chi connectivity index (χ3v) is 4.74. The maximum absolute atomic E-state index is 12.1. The largest absolute Gasteiger partial charge is 0.322 e. The van der Waals surface area contributed by atoms with Gasteiger partial charge < -0.3 is 4.98 Å². The molecule has 0 aliphatic carbocycles. The van der Waals surface area contributed by atoms with Crippen molar-refractivity contribution in [1.82, 2.24) is 9.97 Å². The van der Waals surface area contributed by atoms with E-state index >= 15 is 0 Å². The summed E-state index contributed by atoms with van der Waals surface area (Å²) in [6, 6.07) is 13.7. The SMILES string of the molecule is CCc1cc2ccc(C(C)(C#N)Cc3ccnc(Cl)c3)cc2[nH]c1=O. The lowest BCUT2D eigenvalue weighted by Crippen LogP contribution is -2.23. The van der Waals surface area contributed by atoms with E-state index in [2.05, 4.69) is 16.0 Å². The summed E-state index contributed by atoms with van der Waals surface area (Å²) in [5.41, 5.74) is 2.49. The number of nitrogens with one attached hydrogen (secondary N) is 1. The average Bonchev–Trinajstić information content (AvgIpc) is 2.60. The summed E-state index contributed by atoms with van der Waals surface area (Å²) in [5, 5.41) is 11.2. The van der Waals surface area contributed by atoms with Crippen LogP contribution in [0.5, 0.6) is 0 Å². The summed E-state index contributed by atoms with van der Waals surface area (Å²) in [5.74, 6) is 0. The summed E-state index contributed by atoms with van der Waals surface area (Å²) in [6.07, 6.45) is 2.83. The van der Waals surface area contributed by atoms with Crippen molar-refractivity contribution in [1.29, 1.82) is 5.26 Å². The minimum absolute atomic E-state index is 0.0771. The second-order valence-corrected chi connectivity index (χ2v) is 6.77. The van der Waals surface area contributed by atoms with Gasteiger partial charge in [0.25, 0.3) is 5.56 Å². The van der Waals surface area contributed by atoms with E-state index in [4.69, 9.17) is 11.6 Å². The Balaban J connectivity index is 2.06. The molecule has 5 heteroatoms. The molecule has 1 unspecified atom stereocenters. The normalized spacial score (nSPS) is 13.4. The van der Waals surface area contributed by atoms with E-state index in [0.29, 0.717) is 18.0 Å². The number of hydrogen-bond acceptors (Lipinski definition) is 3. The number of nitrogens with zero attached hydrogens (tertiary/aromatic N) is 2. The van der Waals surface area contributed by atoms with Crippen LogP contribution in [-0.2, 0) is 18.3 Å². The summed E-state index contributed by atoms with van der Waals surface area (Å²) >= 11 is 5.95. The van der Waals surface area contributed by atoms with E-state index in [1.807, 2.05) is 44.2 Å². The number of fused-ring (bicyclic) bond motifs is 1. The van der Waals surface area contributed by atoms with Crippen LogP contribution in [-0.4, -0.2) is 9.97 Å². The van der Waals surface area contributed by atoms with Gasteiger partial charge in [-0.05, 0) is 60.5 Å². The monoisotopic (exact) mass is 351 g/mol. The lowest BCUT2D eigenvalue weighted by molar-refractivity contribution is 0.606. The highest BCUT2D eigenvalue weighted by molar-refractivity contribution is 6.29. The molecule has 0 saturated heterocycles. The fourth-order valence-corrected chi connectivity index (χ4v) is 3.22. The Kier molecular flexibility index (Phi) is 4.61. The van der Waals surface area contributed by atoms with Crippen LogP contribution in [0.2, 0.25) is 5.15 Å². The van der Waals surface area contributed by atoms with Crippen LogP contribution in [0, 0.1) is 11.3 Å². The van der Waals surface area contributed by atoms with Gasteiger partial charge in [0.15, 0.2) is 0 Å². The maximum atomic E-state index is 12.1. The number of rotatable bonds is 4. The molecule has 0 fully saturated rings. The average molecular weight is 352 g/mol. The number of H-pyrrole nitrogens is 1. The number of aromatic amines is 1. The van der Waals surface area contributed by atoms with Gasteiger partial charge in [0.05, 0.1) is 11.5 Å². The highest BCUT2D eigenvalue weighted by atomic mass is 35.5. The Bertz CT molecular complexity index is 1040. The summed E-state index contributed by atoms with van der Waals surface area (Å²) in [7, 11) is 0. The second kappa shape index (κ2) is 6.70. The molecule has 0 spiro atoms. The van der Waals surface area contributed by atoms with Gasteiger partial charge in [-0.25, -0.2) is 4.98 Å². The van der Waals surface area contributed by atoms with Crippen molar-refractivity contribution in [3.8, 4) is 6.07 Å². The van der Waals surface area contributed by atoms with Gasteiger partial charge >= 0.3 is 0 Å². The van der Waals surface area contributed by atoms with E-state index in [0.717, 1.165) is 27.6 Å². The number of pyridine rings is 2. The Hall–Kier alpha value is -2.64. The van der Waals surface area contributed by atoms with E-state index in [-0.39, 0.29) is 5.56 Å². The van der Waals surface area contributed by atoms with Gasteiger partial charge in [-0.3, -0.25) is 4.79 Å². The number of benzene rings is 1. The molecule has 0 amide bonds. The van der Waals surface area contributed by atoms with Crippen molar-refractivity contribution in [3.63, 3.8) is 0 Å². The smallest absolute Gasteiger partial charge is 0.251 e. The first-order valence-corrected chi connectivity index (χ1v) is 8.51. The van der Waals surface area contributed by atoms with Crippen LogP contribution in [0.15, 0.2) is 47.4 Å². The van der Waals surface area contributed by atoms with Crippen molar-refractivity contribution in [3.05, 3.63) is 74.8 Å². The quantitative estimate of drug-likeness (QED) is 0.717. The zero-order valence-corrected chi connectivity index (χ0v) is 14.9. The van der Waals surface area contributed by atoms with Crippen molar-refractivity contribution < 1.29 is 0 Å². The molecule has 1 aromatic carbocycles. The first-order chi connectivity index (χ1) is 11.9. The van der Waals surface area contributed by atoms with Gasteiger partial charge in [0.2, 0.25) is 0 Å². The lowest BCUT2D eigenvalue weighted by Gasteiger charge is -2.23. The lowest BCUT2D eigenvalue weighted by atomic mass is 9.78. The van der Waals surface area contributed by atoms with Crippen LogP contribution in [0.25, 0.3) is 10.9 Å². The molecule has 1 atom stereocenters. The first-order valence-electron chi connectivity index (χ1n) is 8.13. The molecule has 3 aromatic rings. The molecule has 2 aromatic heterocycles. The topological polar surface area (TPSA) is 69.5 Å². The zero-order chi connectivity index (χ0) is 18.0. The van der Waals surface area contributed by atoms with E-state index in [1.165, 1.54) is 0 Å². The van der Waals surface area contributed by atoms with Crippen molar-refractivity contribution in [2.75, 3.05) is 0 Å². The molecular weight excluding hydrogens is 334 g/mol. The summed E-state index contributed by atoms with van der Waals surface area (Å²) in [4.78, 5) is 19.0. The standard InChI is InChI=1S/C20H18ClN3O/c1-3-14-9-15-4-5-16(10-17(15)24-19(14)25)20(2,12-22)11-13-6-7-23-18(21)8-13/h4-10H,3,11H2,1-2H3,(H,24,25). The van der Waals surface area contributed by atoms with Crippen LogP contribution >= 0.6 is 11.6 Å². The third kappa shape index (κ3) is 3.42. The number of halogens is 1. The molecule has 0 aliphatic rings. The maximum Gasteiger partial charge on any atom is 0.251 e. The molecule has 126 valence electrons. The Morgan fingerprint density at radius 2 is 2.08 bits per heavy atom. The van der Waals surface area contributed by atoms with Crippen LogP contribution in [0.4, 0.5) is 0 Å². The van der Waals surface area contributed by atoms with Crippen molar-refractivity contribution in [2.45, 2.75) is 32.1 Å². The Labute approximate surface area is 151 Å². The first kappa shape index (κ1) is 17.2. The number of hydrogen-bond donors (Lipinski definition) is 1. The van der Waals surface area contributed by atoms with E-state index < -0.39 is 5.41 Å². The third-order valence-electron chi connectivity index (χ3n) is 4.54. The molecule has 3 rings (SSSR count). The zero-order valence-electron chi connectivity index (χ0n) is 14.1. The molecule has 4 nitrogen and oxygen atoms in total. The van der Waals surface area contributed by atoms with Gasteiger partial charge in [-0.1, -0.05) is 30.7 Å². The Morgan fingerprint density at radius 3 is 2.76 bits per heavy atom. The molecule has 25 heavy (non-hydrogen) atoms. The van der Waals surface area contributed by atoms with E-state index in [9.17, 15) is 10.1 Å². The molecule has 0 aliphatic heterocycles. The van der Waals surface area contributed by atoms with Crippen molar-refractivity contribution >= 4 is 22.5 Å². The molecule has 1 N–H and O–H groups in total. The molecule has 0 saturated carbocycles. The molecule has 0 bridgehead atoms. The molecule has 2 heterocycles. The van der Waals surface area contributed by atoms with Crippen LogP contribution in [0.3, 0.4) is 0 Å². The van der Waals surface area contributed by atoms with E-state index in [1.54, 1.807) is 12.3 Å². The minimum atomic E-state index is -0.737. The minimum Gasteiger partial charge on any atom is -0.322 e. The Morgan fingerprint density at radius 1 is 1.28 bits per heavy atom. The van der Waals surface area contributed by atoms with Gasteiger partial charge in [-0.2, -0.15) is 5.26 Å². The summed E-state index contributed by atoms with van der Waals surface area (Å²) < 4.78 is 0. The second-order valence-electron chi connectivity index (χ2n) is 6.39.